The fourth-order valence-electron chi connectivity index (χ4n) is 1.78. The van der Waals surface area contributed by atoms with Crippen LogP contribution in [0.25, 0.3) is 0 Å². The molecule has 0 amide bonds. The third-order valence-corrected chi connectivity index (χ3v) is 2.72. The van der Waals surface area contributed by atoms with E-state index in [1.165, 1.54) is 7.11 Å². The topological polar surface area (TPSA) is 60.5 Å². The average molecular weight is 272 g/mol. The number of nitrogens with zero attached hydrogens (tertiary/aromatic N) is 1. The van der Waals surface area contributed by atoms with E-state index in [4.69, 9.17) is 9.47 Å². The molecule has 0 saturated heterocycles. The van der Waals surface area contributed by atoms with E-state index in [1.54, 1.807) is 18.3 Å². The minimum atomic E-state index is -0.473. The van der Waals surface area contributed by atoms with Crippen molar-refractivity contribution in [1.82, 2.24) is 10.3 Å². The van der Waals surface area contributed by atoms with Crippen LogP contribution in [0.1, 0.15) is 15.9 Å². The average Bonchev–Trinajstić information content (AvgIpc) is 2.49. The molecule has 5 heteroatoms. The number of para-hydroxylation sites is 1. The van der Waals surface area contributed by atoms with E-state index in [1.807, 2.05) is 31.3 Å². The van der Waals surface area contributed by atoms with E-state index in [2.05, 4.69) is 10.3 Å². The summed E-state index contributed by atoms with van der Waals surface area (Å²) >= 11 is 0. The Balaban J connectivity index is 2.33. The molecule has 0 bridgehead atoms. The lowest BCUT2D eigenvalue weighted by Gasteiger charge is -2.12. The zero-order valence-corrected chi connectivity index (χ0v) is 11.4. The normalized spacial score (nSPS) is 10.1. The molecular formula is C15H16N2O3. The Bertz CT molecular complexity index is 599. The van der Waals surface area contributed by atoms with Crippen LogP contribution in [-0.4, -0.2) is 25.1 Å². The van der Waals surface area contributed by atoms with E-state index < -0.39 is 5.97 Å². The van der Waals surface area contributed by atoms with Crippen molar-refractivity contribution >= 4 is 5.97 Å². The molecule has 0 atom stereocenters. The van der Waals surface area contributed by atoms with Crippen molar-refractivity contribution in [2.45, 2.75) is 6.54 Å². The predicted octanol–water partition coefficient (Wildman–Crippen LogP) is 2.38. The SMILES string of the molecule is CNCc1ccccc1Oc1ncccc1C(=O)OC. The standard InChI is InChI=1S/C15H16N2O3/c1-16-10-11-6-3-4-8-13(11)20-14-12(15(18)19-2)7-5-9-17-14/h3-9,16H,10H2,1-2H3. The van der Waals surface area contributed by atoms with E-state index in [-0.39, 0.29) is 5.88 Å². The van der Waals surface area contributed by atoms with Crippen LogP contribution >= 0.6 is 0 Å². The molecule has 2 rings (SSSR count). The van der Waals surface area contributed by atoms with Crippen LogP contribution in [0.5, 0.6) is 11.6 Å². The maximum absolute atomic E-state index is 11.7. The number of nitrogens with one attached hydrogen (secondary N) is 1. The van der Waals surface area contributed by atoms with Crippen LogP contribution in [0.2, 0.25) is 0 Å². The van der Waals surface area contributed by atoms with Crippen molar-refractivity contribution < 1.29 is 14.3 Å². The Hall–Kier alpha value is -2.40. The number of esters is 1. The molecule has 1 heterocycles. The van der Waals surface area contributed by atoms with Gasteiger partial charge in [0, 0.05) is 18.3 Å². The summed E-state index contributed by atoms with van der Waals surface area (Å²) < 4.78 is 10.5. The minimum Gasteiger partial charge on any atom is -0.465 e. The maximum atomic E-state index is 11.7. The number of carbonyl (C=O) groups excluding carboxylic acids is 1. The lowest BCUT2D eigenvalue weighted by atomic mass is 10.2. The number of ether oxygens (including phenoxy) is 2. The van der Waals surface area contributed by atoms with Crippen molar-refractivity contribution in [3.05, 3.63) is 53.7 Å². The molecule has 0 radical (unpaired) electrons. The largest absolute Gasteiger partial charge is 0.465 e. The van der Waals surface area contributed by atoms with E-state index in [0.29, 0.717) is 17.9 Å². The van der Waals surface area contributed by atoms with Gasteiger partial charge in [0.1, 0.15) is 11.3 Å². The van der Waals surface area contributed by atoms with Crippen LogP contribution in [0, 0.1) is 0 Å². The first-order valence-electron chi connectivity index (χ1n) is 6.20. The summed E-state index contributed by atoms with van der Waals surface area (Å²) in [5.74, 6) is 0.424. The number of benzene rings is 1. The zero-order valence-electron chi connectivity index (χ0n) is 11.4. The quantitative estimate of drug-likeness (QED) is 0.847. The highest BCUT2D eigenvalue weighted by atomic mass is 16.5. The molecule has 0 aliphatic carbocycles. The van der Waals surface area contributed by atoms with Gasteiger partial charge in [-0.1, -0.05) is 18.2 Å². The fourth-order valence-corrected chi connectivity index (χ4v) is 1.78. The Kier molecular flexibility index (Phi) is 4.68. The summed E-state index contributed by atoms with van der Waals surface area (Å²) in [6, 6.07) is 10.9. The molecule has 104 valence electrons. The van der Waals surface area contributed by atoms with Gasteiger partial charge in [0.2, 0.25) is 5.88 Å². The van der Waals surface area contributed by atoms with Gasteiger partial charge < -0.3 is 14.8 Å². The molecule has 1 aromatic heterocycles. The number of methoxy groups -OCH3 is 1. The van der Waals surface area contributed by atoms with Gasteiger partial charge >= 0.3 is 5.97 Å². The second-order valence-electron chi connectivity index (χ2n) is 4.09. The first kappa shape index (κ1) is 14.0. The van der Waals surface area contributed by atoms with Crippen LogP contribution in [0.3, 0.4) is 0 Å². The van der Waals surface area contributed by atoms with E-state index in [9.17, 15) is 4.79 Å². The van der Waals surface area contributed by atoms with Gasteiger partial charge in [-0.25, -0.2) is 9.78 Å². The Morgan fingerprint density at radius 1 is 1.25 bits per heavy atom. The highest BCUT2D eigenvalue weighted by Crippen LogP contribution is 2.26. The maximum Gasteiger partial charge on any atom is 0.343 e. The molecule has 0 fully saturated rings. The van der Waals surface area contributed by atoms with Gasteiger partial charge in [-0.3, -0.25) is 0 Å². The van der Waals surface area contributed by atoms with Gasteiger partial charge in [0.25, 0.3) is 0 Å². The molecule has 0 aliphatic heterocycles. The van der Waals surface area contributed by atoms with Crippen LogP contribution in [0.4, 0.5) is 0 Å². The van der Waals surface area contributed by atoms with Gasteiger partial charge in [0.05, 0.1) is 7.11 Å². The predicted molar refractivity (Wildman–Crippen MR) is 74.9 cm³/mol. The Labute approximate surface area is 117 Å². The van der Waals surface area contributed by atoms with Crippen LogP contribution in [-0.2, 0) is 11.3 Å². The van der Waals surface area contributed by atoms with Crippen molar-refractivity contribution in [2.24, 2.45) is 0 Å². The molecule has 1 N–H and O–H groups in total. The van der Waals surface area contributed by atoms with Gasteiger partial charge in [-0.15, -0.1) is 0 Å². The molecule has 0 saturated carbocycles. The summed E-state index contributed by atoms with van der Waals surface area (Å²) in [6.45, 7) is 0.663. The summed E-state index contributed by atoms with van der Waals surface area (Å²) in [4.78, 5) is 15.8. The highest BCUT2D eigenvalue weighted by molar-refractivity contribution is 5.91. The zero-order chi connectivity index (χ0) is 14.4. The molecule has 2 aromatic rings. The molecular weight excluding hydrogens is 256 g/mol. The van der Waals surface area contributed by atoms with E-state index >= 15 is 0 Å². The van der Waals surface area contributed by atoms with Crippen molar-refractivity contribution in [1.29, 1.82) is 0 Å². The Morgan fingerprint density at radius 2 is 2.05 bits per heavy atom. The lowest BCUT2D eigenvalue weighted by Crippen LogP contribution is -2.08. The molecule has 0 aliphatic rings. The number of pyridine rings is 1. The van der Waals surface area contributed by atoms with Crippen molar-refractivity contribution in [2.75, 3.05) is 14.2 Å². The minimum absolute atomic E-state index is 0.239. The van der Waals surface area contributed by atoms with Crippen molar-refractivity contribution in [3.63, 3.8) is 0 Å². The third-order valence-electron chi connectivity index (χ3n) is 2.72. The fraction of sp³-hybridized carbons (Fsp3) is 0.200. The second kappa shape index (κ2) is 6.68. The smallest absolute Gasteiger partial charge is 0.343 e. The highest BCUT2D eigenvalue weighted by Gasteiger charge is 2.15. The molecule has 0 spiro atoms. The second-order valence-corrected chi connectivity index (χ2v) is 4.09. The number of hydrogen-bond donors (Lipinski definition) is 1. The van der Waals surface area contributed by atoms with Gasteiger partial charge in [-0.05, 0) is 25.2 Å². The van der Waals surface area contributed by atoms with Crippen LogP contribution < -0.4 is 10.1 Å². The monoisotopic (exact) mass is 272 g/mol. The summed E-state index contributed by atoms with van der Waals surface area (Å²) in [7, 11) is 3.19. The molecule has 1 aromatic carbocycles. The van der Waals surface area contributed by atoms with Gasteiger partial charge in [0.15, 0.2) is 0 Å². The Morgan fingerprint density at radius 3 is 2.80 bits per heavy atom. The first-order chi connectivity index (χ1) is 9.76. The number of rotatable bonds is 5. The summed E-state index contributed by atoms with van der Waals surface area (Å²) in [5, 5.41) is 3.07. The molecule has 20 heavy (non-hydrogen) atoms. The van der Waals surface area contributed by atoms with Crippen molar-refractivity contribution in [3.8, 4) is 11.6 Å². The third kappa shape index (κ3) is 3.13. The van der Waals surface area contributed by atoms with Gasteiger partial charge in [-0.2, -0.15) is 0 Å². The summed E-state index contributed by atoms with van der Waals surface area (Å²) in [6.07, 6.45) is 1.57. The summed E-state index contributed by atoms with van der Waals surface area (Å²) in [5.41, 5.74) is 1.28. The lowest BCUT2D eigenvalue weighted by molar-refractivity contribution is 0.0597. The molecule has 5 nitrogen and oxygen atoms in total. The van der Waals surface area contributed by atoms with Crippen LogP contribution in [0.15, 0.2) is 42.6 Å². The number of carbonyl (C=O) groups is 1. The number of aromatic nitrogens is 1. The van der Waals surface area contributed by atoms with E-state index in [0.717, 1.165) is 5.56 Å². The number of hydrogen-bond acceptors (Lipinski definition) is 5. The molecule has 0 unspecified atom stereocenters. The first-order valence-corrected chi connectivity index (χ1v) is 6.20.